The van der Waals surface area contributed by atoms with Gasteiger partial charge in [0.05, 0.1) is 0 Å². The van der Waals surface area contributed by atoms with Crippen LogP contribution in [0.3, 0.4) is 0 Å². The molecule has 1 N–H and O–H groups in total. The first-order valence-electron chi connectivity index (χ1n) is 6.02. The maximum Gasteiger partial charge on any atom is 0.334 e. The summed E-state index contributed by atoms with van der Waals surface area (Å²) in [7, 11) is 0. The lowest BCUT2D eigenvalue weighted by Gasteiger charge is -2.41. The largest absolute Gasteiger partial charge is 0.479 e. The Labute approximate surface area is 107 Å². The van der Waals surface area contributed by atoms with E-state index in [0.29, 0.717) is 18.5 Å². The SMILES string of the molecule is CCN(C=O)C(C(=O)O)(c1ccccc1)C(C)C. The number of carbonyl (C=O) groups excluding carboxylic acids is 1. The molecule has 98 valence electrons. The first-order chi connectivity index (χ1) is 8.51. The highest BCUT2D eigenvalue weighted by Crippen LogP contribution is 2.35. The van der Waals surface area contributed by atoms with E-state index in [1.165, 1.54) is 4.90 Å². The second-order valence-corrected chi connectivity index (χ2v) is 4.48. The van der Waals surface area contributed by atoms with Gasteiger partial charge in [0.2, 0.25) is 6.41 Å². The highest BCUT2D eigenvalue weighted by atomic mass is 16.4. The van der Waals surface area contributed by atoms with Gasteiger partial charge in [-0.1, -0.05) is 44.2 Å². The predicted molar refractivity (Wildman–Crippen MR) is 69.0 cm³/mol. The number of nitrogens with zero attached hydrogens (tertiary/aromatic N) is 1. The molecule has 18 heavy (non-hydrogen) atoms. The van der Waals surface area contributed by atoms with E-state index < -0.39 is 11.5 Å². The molecular formula is C14H19NO3. The molecule has 0 heterocycles. The molecule has 1 aromatic carbocycles. The van der Waals surface area contributed by atoms with E-state index in [1.807, 2.05) is 19.9 Å². The smallest absolute Gasteiger partial charge is 0.334 e. The van der Waals surface area contributed by atoms with Gasteiger partial charge in [-0.3, -0.25) is 4.79 Å². The van der Waals surface area contributed by atoms with Gasteiger partial charge in [-0.25, -0.2) is 4.79 Å². The van der Waals surface area contributed by atoms with E-state index in [4.69, 9.17) is 0 Å². The second kappa shape index (κ2) is 5.67. The lowest BCUT2D eigenvalue weighted by Crippen LogP contribution is -2.55. The van der Waals surface area contributed by atoms with Crippen LogP contribution in [0.15, 0.2) is 30.3 Å². The Morgan fingerprint density at radius 3 is 2.28 bits per heavy atom. The van der Waals surface area contributed by atoms with Crippen molar-refractivity contribution in [3.8, 4) is 0 Å². The van der Waals surface area contributed by atoms with Crippen molar-refractivity contribution < 1.29 is 14.7 Å². The molecule has 0 spiro atoms. The highest BCUT2D eigenvalue weighted by molar-refractivity contribution is 5.83. The summed E-state index contributed by atoms with van der Waals surface area (Å²) < 4.78 is 0. The van der Waals surface area contributed by atoms with Crippen LogP contribution in [-0.2, 0) is 15.1 Å². The molecule has 4 nitrogen and oxygen atoms in total. The Morgan fingerprint density at radius 1 is 1.39 bits per heavy atom. The molecule has 0 aromatic heterocycles. The Kier molecular flexibility index (Phi) is 4.48. The van der Waals surface area contributed by atoms with Gasteiger partial charge in [0.1, 0.15) is 0 Å². The minimum atomic E-state index is -1.31. The zero-order valence-electron chi connectivity index (χ0n) is 11.0. The zero-order chi connectivity index (χ0) is 13.8. The molecule has 1 rings (SSSR count). The first-order valence-corrected chi connectivity index (χ1v) is 6.02. The van der Waals surface area contributed by atoms with Gasteiger partial charge in [0, 0.05) is 6.54 Å². The Hall–Kier alpha value is -1.84. The van der Waals surface area contributed by atoms with E-state index >= 15 is 0 Å². The fourth-order valence-electron chi connectivity index (χ4n) is 2.42. The van der Waals surface area contributed by atoms with Gasteiger partial charge in [-0.15, -0.1) is 0 Å². The van der Waals surface area contributed by atoms with Crippen LogP contribution in [0.25, 0.3) is 0 Å². The summed E-state index contributed by atoms with van der Waals surface area (Å²) in [6, 6.07) is 8.90. The molecule has 0 aliphatic heterocycles. The number of likely N-dealkylation sites (N-methyl/N-ethyl adjacent to an activating group) is 1. The Morgan fingerprint density at radius 2 is 1.94 bits per heavy atom. The number of amides is 1. The van der Waals surface area contributed by atoms with Crippen LogP contribution in [0.2, 0.25) is 0 Å². The number of carboxylic acid groups (broad SMARTS) is 1. The van der Waals surface area contributed by atoms with Crippen LogP contribution in [-0.4, -0.2) is 28.9 Å². The minimum Gasteiger partial charge on any atom is -0.479 e. The van der Waals surface area contributed by atoms with Gasteiger partial charge in [0.15, 0.2) is 5.54 Å². The fraction of sp³-hybridized carbons (Fsp3) is 0.429. The predicted octanol–water partition coefficient (Wildman–Crippen LogP) is 2.10. The zero-order valence-corrected chi connectivity index (χ0v) is 11.0. The summed E-state index contributed by atoms with van der Waals surface area (Å²) in [5.74, 6) is -1.24. The molecule has 4 heteroatoms. The van der Waals surface area contributed by atoms with Gasteiger partial charge >= 0.3 is 5.97 Å². The van der Waals surface area contributed by atoms with Crippen molar-refractivity contribution in [3.05, 3.63) is 35.9 Å². The lowest BCUT2D eigenvalue weighted by atomic mass is 9.78. The van der Waals surface area contributed by atoms with E-state index in [1.54, 1.807) is 31.2 Å². The van der Waals surface area contributed by atoms with Crippen LogP contribution in [0.5, 0.6) is 0 Å². The first kappa shape index (κ1) is 14.2. The van der Waals surface area contributed by atoms with Gasteiger partial charge in [-0.05, 0) is 18.4 Å². The van der Waals surface area contributed by atoms with Gasteiger partial charge in [-0.2, -0.15) is 0 Å². The highest BCUT2D eigenvalue weighted by Gasteiger charge is 2.47. The second-order valence-electron chi connectivity index (χ2n) is 4.48. The number of hydrogen-bond donors (Lipinski definition) is 1. The number of carbonyl (C=O) groups is 2. The molecule has 1 atom stereocenters. The summed E-state index contributed by atoms with van der Waals surface area (Å²) in [5, 5.41) is 9.68. The molecular weight excluding hydrogens is 230 g/mol. The van der Waals surface area contributed by atoms with Gasteiger partial charge < -0.3 is 10.0 Å². The van der Waals surface area contributed by atoms with E-state index in [9.17, 15) is 14.7 Å². The monoisotopic (exact) mass is 249 g/mol. The summed E-state index contributed by atoms with van der Waals surface area (Å²) in [4.78, 5) is 24.4. The molecule has 0 saturated carbocycles. The number of hydrogen-bond acceptors (Lipinski definition) is 2. The summed E-state index contributed by atoms with van der Waals surface area (Å²) in [6.07, 6.45) is 0.612. The molecule has 0 bridgehead atoms. The van der Waals surface area contributed by atoms with Crippen molar-refractivity contribution in [2.24, 2.45) is 5.92 Å². The van der Waals surface area contributed by atoms with Crippen molar-refractivity contribution >= 4 is 12.4 Å². The number of carboxylic acids is 1. The Balaban J connectivity index is 3.49. The number of benzene rings is 1. The van der Waals surface area contributed by atoms with Crippen LogP contribution in [0, 0.1) is 5.92 Å². The summed E-state index contributed by atoms with van der Waals surface area (Å²) in [6.45, 7) is 5.75. The number of rotatable bonds is 6. The van der Waals surface area contributed by atoms with Crippen molar-refractivity contribution in [2.45, 2.75) is 26.3 Å². The van der Waals surface area contributed by atoms with Gasteiger partial charge in [0.25, 0.3) is 0 Å². The minimum absolute atomic E-state index is 0.234. The quantitative estimate of drug-likeness (QED) is 0.785. The molecule has 0 aliphatic carbocycles. The fourth-order valence-corrected chi connectivity index (χ4v) is 2.42. The third-order valence-corrected chi connectivity index (χ3v) is 3.30. The third kappa shape index (κ3) is 2.10. The Bertz CT molecular complexity index is 416. The maximum atomic E-state index is 11.8. The van der Waals surface area contributed by atoms with Crippen molar-refractivity contribution in [3.63, 3.8) is 0 Å². The summed E-state index contributed by atoms with van der Waals surface area (Å²) in [5.41, 5.74) is -0.681. The van der Waals surface area contributed by atoms with Crippen molar-refractivity contribution in [1.29, 1.82) is 0 Å². The van der Waals surface area contributed by atoms with E-state index in [-0.39, 0.29) is 5.92 Å². The third-order valence-electron chi connectivity index (χ3n) is 3.30. The molecule has 0 saturated heterocycles. The molecule has 1 aromatic rings. The van der Waals surface area contributed by atoms with Crippen LogP contribution < -0.4 is 0 Å². The summed E-state index contributed by atoms with van der Waals surface area (Å²) >= 11 is 0. The molecule has 1 amide bonds. The van der Waals surface area contributed by atoms with Crippen LogP contribution >= 0.6 is 0 Å². The molecule has 0 aliphatic rings. The van der Waals surface area contributed by atoms with E-state index in [0.717, 1.165) is 0 Å². The van der Waals surface area contributed by atoms with E-state index in [2.05, 4.69) is 0 Å². The lowest BCUT2D eigenvalue weighted by molar-refractivity contribution is -0.159. The standard InChI is InChI=1S/C14H19NO3/c1-4-15(10-16)14(11(2)3,13(17)18)12-8-6-5-7-9-12/h5-11H,4H2,1-3H3,(H,17,18). The molecule has 0 radical (unpaired) electrons. The average Bonchev–Trinajstić information content (AvgIpc) is 2.35. The topological polar surface area (TPSA) is 57.6 Å². The normalized spacial score (nSPS) is 14.0. The number of aliphatic carboxylic acids is 1. The van der Waals surface area contributed by atoms with Crippen LogP contribution in [0.1, 0.15) is 26.3 Å². The molecule has 0 fully saturated rings. The molecule has 1 unspecified atom stereocenters. The van der Waals surface area contributed by atoms with Crippen molar-refractivity contribution in [1.82, 2.24) is 4.90 Å². The van der Waals surface area contributed by atoms with Crippen LogP contribution in [0.4, 0.5) is 0 Å². The maximum absolute atomic E-state index is 11.8. The average molecular weight is 249 g/mol. The van der Waals surface area contributed by atoms with Crippen molar-refractivity contribution in [2.75, 3.05) is 6.54 Å².